The van der Waals surface area contributed by atoms with E-state index < -0.39 is 18.3 Å². The van der Waals surface area contributed by atoms with Crippen LogP contribution in [0.4, 0.5) is 0 Å². The zero-order valence-electron chi connectivity index (χ0n) is 17.8. The van der Waals surface area contributed by atoms with Crippen molar-refractivity contribution in [2.75, 3.05) is 13.2 Å². The number of aliphatic hydroxyl groups excluding tert-OH is 2. The highest BCUT2D eigenvalue weighted by Crippen LogP contribution is 2.39. The maximum absolute atomic E-state index is 12.6. The number of benzene rings is 1. The van der Waals surface area contributed by atoms with Crippen molar-refractivity contribution in [1.29, 1.82) is 0 Å². The molecule has 0 aliphatic heterocycles. The zero-order valence-corrected chi connectivity index (χ0v) is 17.8. The summed E-state index contributed by atoms with van der Waals surface area (Å²) in [5.74, 6) is 0.206. The van der Waals surface area contributed by atoms with Gasteiger partial charge in [0.1, 0.15) is 11.2 Å². The molecule has 2 aromatic heterocycles. The number of hydrogen-bond donors (Lipinski definition) is 3. The number of rotatable bonds is 7. The molecule has 2 heterocycles. The minimum atomic E-state index is -0.993. The van der Waals surface area contributed by atoms with E-state index in [1.807, 2.05) is 13.2 Å². The van der Waals surface area contributed by atoms with E-state index in [-0.39, 0.29) is 25.3 Å². The summed E-state index contributed by atoms with van der Waals surface area (Å²) in [6, 6.07) is 3.84. The predicted octanol–water partition coefficient (Wildman–Crippen LogP) is 3.30. The van der Waals surface area contributed by atoms with Crippen LogP contribution in [0.25, 0.3) is 21.9 Å². The fourth-order valence-electron chi connectivity index (χ4n) is 4.57. The molecule has 1 aliphatic rings. The Kier molecular flexibility index (Phi) is 6.43. The lowest BCUT2D eigenvalue weighted by Gasteiger charge is -2.20. The number of fused-ring (bicyclic) bond motifs is 2. The maximum Gasteiger partial charge on any atom is 0.339 e. The molecule has 1 fully saturated rings. The maximum atomic E-state index is 12.6. The van der Waals surface area contributed by atoms with E-state index in [0.29, 0.717) is 17.1 Å². The van der Waals surface area contributed by atoms with Crippen LogP contribution in [0.3, 0.4) is 0 Å². The van der Waals surface area contributed by atoms with Crippen molar-refractivity contribution in [1.82, 2.24) is 5.32 Å². The van der Waals surface area contributed by atoms with Crippen molar-refractivity contribution in [2.24, 2.45) is 0 Å². The van der Waals surface area contributed by atoms with E-state index in [4.69, 9.17) is 13.9 Å². The van der Waals surface area contributed by atoms with Gasteiger partial charge in [-0.15, -0.1) is 0 Å². The number of aryl methyl sites for hydroxylation is 1. The Morgan fingerprint density at radius 1 is 1.19 bits per heavy atom. The van der Waals surface area contributed by atoms with Crippen LogP contribution < -0.4 is 10.9 Å². The van der Waals surface area contributed by atoms with Crippen LogP contribution >= 0.6 is 0 Å². The fraction of sp³-hybridized carbons (Fsp3) is 0.500. The van der Waals surface area contributed by atoms with Crippen LogP contribution in [-0.2, 0) is 11.2 Å². The number of hydrogen-bond acceptors (Lipinski definition) is 6. The largest absolute Gasteiger partial charge is 0.464 e. The van der Waals surface area contributed by atoms with Crippen LogP contribution in [-0.4, -0.2) is 35.4 Å². The molecule has 31 heavy (non-hydrogen) atoms. The van der Waals surface area contributed by atoms with Crippen LogP contribution in [0.15, 0.2) is 32.0 Å². The SMILES string of the molecule is Cc1c(CCC(=O)NCC(O)CO)c(=O)oc2cc3occ(C4CCCCC4)c3cc12. The minimum absolute atomic E-state index is 0.0247. The van der Waals surface area contributed by atoms with E-state index in [9.17, 15) is 14.7 Å². The lowest BCUT2D eigenvalue weighted by Crippen LogP contribution is -2.34. The Hall–Kier alpha value is -2.64. The lowest BCUT2D eigenvalue weighted by atomic mass is 9.84. The van der Waals surface area contributed by atoms with Gasteiger partial charge in [0, 0.05) is 40.9 Å². The molecule has 3 aromatic rings. The Bertz CT molecular complexity index is 1140. The van der Waals surface area contributed by atoms with Gasteiger partial charge in [0.25, 0.3) is 0 Å². The molecule has 0 radical (unpaired) electrons. The summed E-state index contributed by atoms with van der Waals surface area (Å²) in [7, 11) is 0. The second kappa shape index (κ2) is 9.24. The fourth-order valence-corrected chi connectivity index (χ4v) is 4.57. The van der Waals surface area contributed by atoms with E-state index in [1.165, 1.54) is 37.7 Å². The third kappa shape index (κ3) is 4.52. The normalized spacial score (nSPS) is 16.1. The molecule has 1 atom stereocenters. The van der Waals surface area contributed by atoms with Crippen molar-refractivity contribution < 1.29 is 23.8 Å². The molecular weight excluding hydrogens is 398 g/mol. The van der Waals surface area contributed by atoms with Gasteiger partial charge in [-0.3, -0.25) is 4.79 Å². The van der Waals surface area contributed by atoms with Gasteiger partial charge in [-0.2, -0.15) is 0 Å². The van der Waals surface area contributed by atoms with E-state index >= 15 is 0 Å². The molecule has 1 aromatic carbocycles. The summed E-state index contributed by atoms with van der Waals surface area (Å²) in [5.41, 5.74) is 3.28. The molecule has 1 aliphatic carbocycles. The smallest absolute Gasteiger partial charge is 0.339 e. The first-order valence-corrected chi connectivity index (χ1v) is 11.0. The summed E-state index contributed by atoms with van der Waals surface area (Å²) >= 11 is 0. The third-order valence-electron chi connectivity index (χ3n) is 6.40. The minimum Gasteiger partial charge on any atom is -0.464 e. The van der Waals surface area contributed by atoms with Gasteiger partial charge >= 0.3 is 5.63 Å². The van der Waals surface area contributed by atoms with Gasteiger partial charge in [0.15, 0.2) is 0 Å². The van der Waals surface area contributed by atoms with E-state index in [0.717, 1.165) is 21.9 Å². The number of carbonyl (C=O) groups excluding carboxylic acids is 1. The van der Waals surface area contributed by atoms with Gasteiger partial charge in [0.05, 0.1) is 19.0 Å². The van der Waals surface area contributed by atoms with E-state index in [1.54, 1.807) is 6.07 Å². The standard InChI is InChI=1S/C24H29NO6/c1-14-17(7-8-23(28)25-11-16(27)12-26)24(29)31-22-10-21-19(9-18(14)22)20(13-30-21)15-5-3-2-4-6-15/h9-10,13,15-16,26-27H,2-8,11-12H2,1H3,(H,25,28). The Morgan fingerprint density at radius 3 is 2.71 bits per heavy atom. The quantitative estimate of drug-likeness (QED) is 0.499. The number of aliphatic hydroxyl groups is 2. The summed E-state index contributed by atoms with van der Waals surface area (Å²) in [6.07, 6.45) is 7.28. The van der Waals surface area contributed by atoms with Crippen LogP contribution in [0.5, 0.6) is 0 Å². The first-order valence-electron chi connectivity index (χ1n) is 11.0. The van der Waals surface area contributed by atoms with E-state index in [2.05, 4.69) is 11.4 Å². The average molecular weight is 427 g/mol. The van der Waals surface area contributed by atoms with Gasteiger partial charge in [-0.25, -0.2) is 4.79 Å². The van der Waals surface area contributed by atoms with Crippen molar-refractivity contribution in [3.05, 3.63) is 45.5 Å². The molecule has 4 rings (SSSR count). The molecule has 1 unspecified atom stereocenters. The van der Waals surface area contributed by atoms with Crippen LogP contribution in [0.1, 0.15) is 61.1 Å². The van der Waals surface area contributed by atoms with Crippen molar-refractivity contribution in [2.45, 2.75) is 63.9 Å². The Balaban J connectivity index is 1.62. The van der Waals surface area contributed by atoms with Crippen molar-refractivity contribution in [3.8, 4) is 0 Å². The molecule has 1 saturated carbocycles. The molecule has 0 saturated heterocycles. The average Bonchev–Trinajstić information content (AvgIpc) is 3.19. The highest BCUT2D eigenvalue weighted by atomic mass is 16.4. The molecule has 166 valence electrons. The third-order valence-corrected chi connectivity index (χ3v) is 6.40. The monoisotopic (exact) mass is 427 g/mol. The molecule has 0 bridgehead atoms. The van der Waals surface area contributed by atoms with Gasteiger partial charge in [-0.05, 0) is 43.7 Å². The Morgan fingerprint density at radius 2 is 1.97 bits per heavy atom. The van der Waals surface area contributed by atoms with Gasteiger partial charge in [-0.1, -0.05) is 19.3 Å². The first kappa shape index (κ1) is 21.6. The molecule has 7 heteroatoms. The summed E-state index contributed by atoms with van der Waals surface area (Å²) in [4.78, 5) is 24.6. The summed E-state index contributed by atoms with van der Waals surface area (Å²) in [5, 5.41) is 22.7. The van der Waals surface area contributed by atoms with Crippen molar-refractivity contribution in [3.63, 3.8) is 0 Å². The molecule has 1 amide bonds. The van der Waals surface area contributed by atoms with Gasteiger partial charge < -0.3 is 24.4 Å². The zero-order chi connectivity index (χ0) is 22.0. The highest BCUT2D eigenvalue weighted by molar-refractivity contribution is 5.96. The molecule has 0 spiro atoms. The highest BCUT2D eigenvalue weighted by Gasteiger charge is 2.21. The second-order valence-electron chi connectivity index (χ2n) is 8.50. The number of furan rings is 1. The first-order chi connectivity index (χ1) is 15.0. The molecular formula is C24H29NO6. The van der Waals surface area contributed by atoms with Gasteiger partial charge in [0.2, 0.25) is 5.91 Å². The second-order valence-corrected chi connectivity index (χ2v) is 8.50. The summed E-state index contributed by atoms with van der Waals surface area (Å²) < 4.78 is 11.4. The molecule has 3 N–H and O–H groups in total. The predicted molar refractivity (Wildman–Crippen MR) is 117 cm³/mol. The topological polar surface area (TPSA) is 113 Å². The van der Waals surface area contributed by atoms with Crippen LogP contribution in [0, 0.1) is 6.92 Å². The number of carbonyl (C=O) groups is 1. The molecule has 7 nitrogen and oxygen atoms in total. The van der Waals surface area contributed by atoms with Crippen molar-refractivity contribution >= 4 is 27.8 Å². The number of nitrogens with one attached hydrogen (secondary N) is 1. The number of amides is 1. The summed E-state index contributed by atoms with van der Waals surface area (Å²) in [6.45, 7) is 1.44. The lowest BCUT2D eigenvalue weighted by molar-refractivity contribution is -0.121. The van der Waals surface area contributed by atoms with Crippen LogP contribution in [0.2, 0.25) is 0 Å². The Labute approximate surface area is 180 Å².